The quantitative estimate of drug-likeness (QED) is 0.281. The maximum absolute atomic E-state index is 12.9. The van der Waals surface area contributed by atoms with Crippen LogP contribution >= 0.6 is 23.1 Å². The Labute approximate surface area is 205 Å². The number of aromatic nitrogens is 2. The molecule has 0 fully saturated rings. The van der Waals surface area contributed by atoms with E-state index >= 15 is 0 Å². The van der Waals surface area contributed by atoms with Crippen molar-refractivity contribution in [2.75, 3.05) is 0 Å². The highest BCUT2D eigenvalue weighted by atomic mass is 32.2. The lowest BCUT2D eigenvalue weighted by Gasteiger charge is -2.17. The Kier molecular flexibility index (Phi) is 7.18. The van der Waals surface area contributed by atoms with E-state index in [9.17, 15) is 9.59 Å². The van der Waals surface area contributed by atoms with Gasteiger partial charge in [0.1, 0.15) is 16.3 Å². The number of carbonyl (C=O) groups excluding carboxylic acids is 2. The molecule has 2 aromatic heterocycles. The topological polar surface area (TPSA) is 106 Å². The van der Waals surface area contributed by atoms with Gasteiger partial charge in [0.15, 0.2) is 16.2 Å². The summed E-state index contributed by atoms with van der Waals surface area (Å²) >= 11 is 2.96. The van der Waals surface area contributed by atoms with Crippen molar-refractivity contribution in [1.29, 1.82) is 0 Å². The zero-order valence-corrected chi connectivity index (χ0v) is 20.8. The highest BCUT2D eigenvalue weighted by molar-refractivity contribution is 8.00. The smallest absolute Gasteiger partial charge is 0.305 e. The number of rotatable bonds is 7. The highest BCUT2D eigenvalue weighted by Gasteiger charge is 2.23. The van der Waals surface area contributed by atoms with E-state index in [-0.39, 0.29) is 5.76 Å². The summed E-state index contributed by atoms with van der Waals surface area (Å²) in [6.07, 6.45) is -0.813. The second-order valence-corrected chi connectivity index (χ2v) is 10.1. The lowest BCUT2D eigenvalue weighted by molar-refractivity contribution is -0.128. The zero-order valence-electron chi connectivity index (χ0n) is 19.2. The van der Waals surface area contributed by atoms with Crippen LogP contribution < -0.4 is 15.6 Å². The number of carbonyl (C=O) groups is 2. The van der Waals surface area contributed by atoms with E-state index in [2.05, 4.69) is 21.0 Å². The van der Waals surface area contributed by atoms with Gasteiger partial charge in [0.25, 0.3) is 5.91 Å². The molecule has 0 saturated heterocycles. The van der Waals surface area contributed by atoms with Crippen molar-refractivity contribution in [3.05, 3.63) is 69.9 Å². The van der Waals surface area contributed by atoms with Crippen molar-refractivity contribution in [3.8, 4) is 5.75 Å². The van der Waals surface area contributed by atoms with Crippen molar-refractivity contribution in [2.45, 2.75) is 43.9 Å². The van der Waals surface area contributed by atoms with E-state index in [1.165, 1.54) is 23.1 Å². The minimum atomic E-state index is -0.813. The van der Waals surface area contributed by atoms with Crippen molar-refractivity contribution in [1.82, 2.24) is 21.0 Å². The third kappa shape index (κ3) is 5.23. The van der Waals surface area contributed by atoms with Crippen LogP contribution in [0.3, 0.4) is 0 Å². The van der Waals surface area contributed by atoms with Crippen LogP contribution in [0.4, 0.5) is 0 Å². The summed E-state index contributed by atoms with van der Waals surface area (Å²) in [6, 6.07) is 13.1. The molecular formula is C24H24N4O4S2. The lowest BCUT2D eigenvalue weighted by atomic mass is 10.1. The number of fused-ring (bicyclic) bond motifs is 1. The second kappa shape index (κ2) is 10.3. The third-order valence-electron chi connectivity index (χ3n) is 5.28. The molecule has 0 saturated carbocycles. The molecule has 2 heterocycles. The Morgan fingerprint density at radius 2 is 1.88 bits per heavy atom. The zero-order chi connectivity index (χ0) is 24.2. The molecule has 0 aliphatic rings. The van der Waals surface area contributed by atoms with Crippen LogP contribution in [-0.2, 0) is 10.5 Å². The van der Waals surface area contributed by atoms with Gasteiger partial charge in [-0.1, -0.05) is 53.4 Å². The number of ether oxygens (including phenoxy) is 1. The summed E-state index contributed by atoms with van der Waals surface area (Å²) in [4.78, 5) is 25.5. The van der Waals surface area contributed by atoms with Gasteiger partial charge in [-0.25, -0.2) is 0 Å². The van der Waals surface area contributed by atoms with Gasteiger partial charge in [-0.05, 0) is 51.0 Å². The number of furan rings is 1. The average Bonchev–Trinajstić information content (AvgIpc) is 3.41. The molecule has 1 unspecified atom stereocenters. The maximum atomic E-state index is 12.9. The first-order valence-electron chi connectivity index (χ1n) is 10.6. The van der Waals surface area contributed by atoms with E-state index in [0.29, 0.717) is 17.1 Å². The molecule has 0 spiro atoms. The molecule has 1 atom stereocenters. The number of para-hydroxylation sites is 1. The normalized spacial score (nSPS) is 11.9. The Balaban J connectivity index is 1.44. The van der Waals surface area contributed by atoms with Gasteiger partial charge in [-0.2, -0.15) is 0 Å². The number of nitrogens with one attached hydrogen (secondary N) is 2. The molecule has 2 amide bonds. The summed E-state index contributed by atoms with van der Waals surface area (Å²) in [7, 11) is 0. The molecule has 2 N–H and O–H groups in total. The molecule has 176 valence electrons. The standard InChI is InChI=1S/C24H24N4O4S2/c1-13-8-7-11-19(14(13)2)31-15(3)22(29)26-27-23(30)21-18(12-33-24-28-25-16(4)34-24)17-9-5-6-10-20(17)32-21/h5-11,15H,12H2,1-4H3,(H,26,29)(H,27,30). The molecule has 2 aromatic carbocycles. The summed E-state index contributed by atoms with van der Waals surface area (Å²) in [5.74, 6) is 0.197. The van der Waals surface area contributed by atoms with Crippen molar-refractivity contribution in [3.63, 3.8) is 0 Å². The molecule has 0 aliphatic carbocycles. The molecular weight excluding hydrogens is 472 g/mol. The van der Waals surface area contributed by atoms with Crippen LogP contribution in [0.2, 0.25) is 0 Å². The van der Waals surface area contributed by atoms with Gasteiger partial charge in [-0.15, -0.1) is 10.2 Å². The fourth-order valence-electron chi connectivity index (χ4n) is 3.27. The summed E-state index contributed by atoms with van der Waals surface area (Å²) in [6.45, 7) is 7.42. The van der Waals surface area contributed by atoms with Crippen LogP contribution in [0.1, 0.15) is 39.2 Å². The number of hydrazine groups is 1. The Hall–Kier alpha value is -3.37. The van der Waals surface area contributed by atoms with Crippen molar-refractivity contribution in [2.24, 2.45) is 0 Å². The van der Waals surface area contributed by atoms with E-state index < -0.39 is 17.9 Å². The molecule has 34 heavy (non-hydrogen) atoms. The fourth-order valence-corrected chi connectivity index (χ4v) is 5.11. The number of nitrogens with zero attached hydrogens (tertiary/aromatic N) is 2. The van der Waals surface area contributed by atoms with E-state index in [1.807, 2.05) is 57.2 Å². The van der Waals surface area contributed by atoms with Gasteiger partial charge < -0.3 is 9.15 Å². The first-order chi connectivity index (χ1) is 16.3. The van der Waals surface area contributed by atoms with E-state index in [1.54, 1.807) is 13.0 Å². The molecule has 4 rings (SSSR count). The van der Waals surface area contributed by atoms with Gasteiger partial charge in [0.2, 0.25) is 0 Å². The lowest BCUT2D eigenvalue weighted by Crippen LogP contribution is -2.47. The maximum Gasteiger partial charge on any atom is 0.305 e. The number of thioether (sulfide) groups is 1. The predicted octanol–water partition coefficient (Wildman–Crippen LogP) is 4.73. The number of aryl methyl sites for hydroxylation is 2. The Bertz CT molecular complexity index is 1350. The number of benzene rings is 2. The minimum Gasteiger partial charge on any atom is -0.481 e. The van der Waals surface area contributed by atoms with Gasteiger partial charge in [0.05, 0.1) is 0 Å². The second-order valence-electron chi connectivity index (χ2n) is 7.68. The largest absolute Gasteiger partial charge is 0.481 e. The summed E-state index contributed by atoms with van der Waals surface area (Å²) < 4.78 is 12.4. The van der Waals surface area contributed by atoms with Gasteiger partial charge in [-0.3, -0.25) is 20.4 Å². The Morgan fingerprint density at radius 3 is 2.65 bits per heavy atom. The highest BCUT2D eigenvalue weighted by Crippen LogP contribution is 2.33. The predicted molar refractivity (Wildman–Crippen MR) is 132 cm³/mol. The van der Waals surface area contributed by atoms with Crippen LogP contribution in [0.15, 0.2) is 51.2 Å². The molecule has 0 aliphatic heterocycles. The first kappa shape index (κ1) is 23.8. The SMILES string of the molecule is Cc1nnc(SCc2c(C(=O)NNC(=O)C(C)Oc3cccc(C)c3C)oc3ccccc23)s1. The average molecular weight is 497 g/mol. The van der Waals surface area contributed by atoms with Crippen molar-refractivity contribution >= 4 is 45.9 Å². The molecule has 10 heteroatoms. The first-order valence-corrected chi connectivity index (χ1v) is 12.4. The third-order valence-corrected chi connectivity index (χ3v) is 7.28. The number of hydrogen-bond donors (Lipinski definition) is 2. The minimum absolute atomic E-state index is 0.137. The van der Waals surface area contributed by atoms with Crippen LogP contribution in [-0.4, -0.2) is 28.1 Å². The van der Waals surface area contributed by atoms with Gasteiger partial charge in [0, 0.05) is 16.7 Å². The van der Waals surface area contributed by atoms with Crippen LogP contribution in [0.25, 0.3) is 11.0 Å². The van der Waals surface area contributed by atoms with Gasteiger partial charge >= 0.3 is 5.91 Å². The van der Waals surface area contributed by atoms with Crippen LogP contribution in [0, 0.1) is 20.8 Å². The van der Waals surface area contributed by atoms with Crippen LogP contribution in [0.5, 0.6) is 5.75 Å². The number of amides is 2. The van der Waals surface area contributed by atoms with Crippen molar-refractivity contribution < 1.29 is 18.7 Å². The monoisotopic (exact) mass is 496 g/mol. The van der Waals surface area contributed by atoms with E-state index in [4.69, 9.17) is 9.15 Å². The summed E-state index contributed by atoms with van der Waals surface area (Å²) in [5.41, 5.74) is 8.22. The van der Waals surface area contributed by atoms with E-state index in [0.717, 1.165) is 31.4 Å². The molecule has 8 nitrogen and oxygen atoms in total. The number of hydrogen-bond acceptors (Lipinski definition) is 8. The molecule has 0 radical (unpaired) electrons. The molecule has 4 aromatic rings. The Morgan fingerprint density at radius 1 is 1.09 bits per heavy atom. The molecule has 0 bridgehead atoms. The fraction of sp³-hybridized carbons (Fsp3) is 0.250. The summed E-state index contributed by atoms with van der Waals surface area (Å²) in [5, 5.41) is 9.86.